The van der Waals surface area contributed by atoms with E-state index in [1.165, 1.54) is 6.42 Å². The van der Waals surface area contributed by atoms with Crippen LogP contribution in [-0.4, -0.2) is 24.7 Å². The first kappa shape index (κ1) is 12.7. The van der Waals surface area contributed by atoms with Gasteiger partial charge in [-0.15, -0.1) is 0 Å². The third-order valence-electron chi connectivity index (χ3n) is 3.71. The lowest BCUT2D eigenvalue weighted by atomic mass is 10.1. The highest BCUT2D eigenvalue weighted by Crippen LogP contribution is 2.51. The number of carboxylic acids is 1. The number of ether oxygens (including phenoxy) is 1. The van der Waals surface area contributed by atoms with E-state index in [-0.39, 0.29) is 5.56 Å². The van der Waals surface area contributed by atoms with Gasteiger partial charge in [0, 0.05) is 12.6 Å². The fourth-order valence-corrected chi connectivity index (χ4v) is 2.14. The molecule has 0 radical (unpaired) electrons. The van der Waals surface area contributed by atoms with E-state index in [1.807, 2.05) is 0 Å². The minimum atomic E-state index is -0.921. The fraction of sp³-hybridized carbons (Fsp3) is 0.500. The molecule has 0 aliphatic heterocycles. The first-order valence-corrected chi connectivity index (χ1v) is 6.09. The number of hydrogen-bond acceptors (Lipinski definition) is 3. The summed E-state index contributed by atoms with van der Waals surface area (Å²) in [5, 5.41) is 12.4. The Kier molecular flexibility index (Phi) is 3.20. The van der Waals surface area contributed by atoms with Crippen molar-refractivity contribution in [3.63, 3.8) is 0 Å². The van der Waals surface area contributed by atoms with Gasteiger partial charge in [-0.25, -0.2) is 4.79 Å². The van der Waals surface area contributed by atoms with Crippen LogP contribution in [0.2, 0.25) is 0 Å². The molecule has 2 N–H and O–H groups in total. The number of carboxylic acid groups (broad SMARTS) is 1. The van der Waals surface area contributed by atoms with Crippen LogP contribution in [0, 0.1) is 11.3 Å². The molecule has 0 heterocycles. The maximum atomic E-state index is 11.1. The number of anilines is 1. The molecule has 98 valence electrons. The standard InChI is InChI=1S/C14H19NO3/c1-14(2)7-9(14)8-15-12-6-10(18-3)4-5-11(12)13(16)17/h4-6,9,15H,7-8H2,1-3H3,(H,16,17). The van der Waals surface area contributed by atoms with Gasteiger partial charge < -0.3 is 15.2 Å². The number of carbonyl (C=O) groups is 1. The van der Waals surface area contributed by atoms with Gasteiger partial charge >= 0.3 is 5.97 Å². The summed E-state index contributed by atoms with van der Waals surface area (Å²) in [5.41, 5.74) is 1.30. The van der Waals surface area contributed by atoms with Crippen LogP contribution >= 0.6 is 0 Å². The Balaban J connectivity index is 2.11. The van der Waals surface area contributed by atoms with Crippen LogP contribution in [0.1, 0.15) is 30.6 Å². The molecular weight excluding hydrogens is 230 g/mol. The summed E-state index contributed by atoms with van der Waals surface area (Å²) in [6, 6.07) is 4.97. The van der Waals surface area contributed by atoms with Crippen LogP contribution < -0.4 is 10.1 Å². The molecule has 4 heteroatoms. The van der Waals surface area contributed by atoms with Crippen LogP contribution in [0.25, 0.3) is 0 Å². The molecule has 1 aliphatic rings. The normalized spacial score (nSPS) is 20.3. The number of hydrogen-bond donors (Lipinski definition) is 2. The third-order valence-corrected chi connectivity index (χ3v) is 3.71. The predicted octanol–water partition coefficient (Wildman–Crippen LogP) is 2.85. The lowest BCUT2D eigenvalue weighted by Gasteiger charge is -2.12. The van der Waals surface area contributed by atoms with E-state index in [4.69, 9.17) is 9.84 Å². The highest BCUT2D eigenvalue weighted by molar-refractivity contribution is 5.94. The van der Waals surface area contributed by atoms with Gasteiger partial charge in [-0.2, -0.15) is 0 Å². The Morgan fingerprint density at radius 2 is 2.22 bits per heavy atom. The second-order valence-electron chi connectivity index (χ2n) is 5.49. The minimum Gasteiger partial charge on any atom is -0.497 e. The largest absolute Gasteiger partial charge is 0.497 e. The van der Waals surface area contributed by atoms with Crippen LogP contribution in [0.3, 0.4) is 0 Å². The molecule has 1 aromatic carbocycles. The summed E-state index contributed by atoms with van der Waals surface area (Å²) in [7, 11) is 1.57. The fourth-order valence-electron chi connectivity index (χ4n) is 2.14. The molecule has 1 atom stereocenters. The Labute approximate surface area is 107 Å². The molecule has 2 rings (SSSR count). The number of rotatable bonds is 5. The molecule has 18 heavy (non-hydrogen) atoms. The highest BCUT2D eigenvalue weighted by Gasteiger charge is 2.45. The van der Waals surface area contributed by atoms with Gasteiger partial charge in [-0.05, 0) is 29.9 Å². The maximum Gasteiger partial charge on any atom is 0.337 e. The minimum absolute atomic E-state index is 0.286. The van der Waals surface area contributed by atoms with Crippen molar-refractivity contribution in [1.29, 1.82) is 0 Å². The Hall–Kier alpha value is -1.71. The lowest BCUT2D eigenvalue weighted by molar-refractivity contribution is 0.0698. The van der Waals surface area contributed by atoms with E-state index in [0.717, 1.165) is 6.54 Å². The zero-order chi connectivity index (χ0) is 13.3. The molecule has 1 fully saturated rings. The van der Waals surface area contributed by atoms with Gasteiger partial charge in [0.25, 0.3) is 0 Å². The van der Waals surface area contributed by atoms with E-state index < -0.39 is 5.97 Å². The second-order valence-corrected chi connectivity index (χ2v) is 5.49. The van der Waals surface area contributed by atoms with Crippen molar-refractivity contribution in [2.75, 3.05) is 19.0 Å². The number of aromatic carboxylic acids is 1. The molecule has 0 saturated heterocycles. The monoisotopic (exact) mass is 249 g/mol. The summed E-state index contributed by atoms with van der Waals surface area (Å²) in [5.74, 6) is 0.359. The number of benzene rings is 1. The molecule has 0 bridgehead atoms. The van der Waals surface area contributed by atoms with Crippen LogP contribution in [0.4, 0.5) is 5.69 Å². The molecule has 0 aromatic heterocycles. The smallest absolute Gasteiger partial charge is 0.337 e. The lowest BCUT2D eigenvalue weighted by Crippen LogP contribution is -2.11. The summed E-state index contributed by atoms with van der Waals surface area (Å²) < 4.78 is 5.12. The summed E-state index contributed by atoms with van der Waals surface area (Å²) in [4.78, 5) is 11.1. The van der Waals surface area contributed by atoms with Crippen LogP contribution in [-0.2, 0) is 0 Å². The summed E-state index contributed by atoms with van der Waals surface area (Å²) in [6.45, 7) is 5.26. The average molecular weight is 249 g/mol. The molecule has 0 amide bonds. The van der Waals surface area contributed by atoms with E-state index >= 15 is 0 Å². The van der Waals surface area contributed by atoms with Gasteiger partial charge in [-0.3, -0.25) is 0 Å². The molecule has 1 saturated carbocycles. The SMILES string of the molecule is COc1ccc(C(=O)O)c(NCC2CC2(C)C)c1. The molecule has 4 nitrogen and oxygen atoms in total. The van der Waals surface area contributed by atoms with Crippen LogP contribution in [0.15, 0.2) is 18.2 Å². The van der Waals surface area contributed by atoms with Crippen molar-refractivity contribution in [3.05, 3.63) is 23.8 Å². The molecule has 1 aromatic rings. The molecule has 1 aliphatic carbocycles. The van der Waals surface area contributed by atoms with E-state index in [2.05, 4.69) is 19.2 Å². The number of methoxy groups -OCH3 is 1. The van der Waals surface area contributed by atoms with Crippen molar-refractivity contribution in [2.24, 2.45) is 11.3 Å². The van der Waals surface area contributed by atoms with Crippen molar-refractivity contribution in [1.82, 2.24) is 0 Å². The van der Waals surface area contributed by atoms with Gasteiger partial charge in [0.2, 0.25) is 0 Å². The molecule has 0 spiro atoms. The Bertz CT molecular complexity index is 468. The van der Waals surface area contributed by atoms with Gasteiger partial charge in [0.1, 0.15) is 5.75 Å². The van der Waals surface area contributed by atoms with E-state index in [0.29, 0.717) is 22.8 Å². The van der Waals surface area contributed by atoms with E-state index in [1.54, 1.807) is 25.3 Å². The summed E-state index contributed by atoms with van der Waals surface area (Å²) in [6.07, 6.45) is 1.19. The average Bonchev–Trinajstić information content (AvgIpc) is 2.93. The third kappa shape index (κ3) is 2.58. The quantitative estimate of drug-likeness (QED) is 0.842. The highest BCUT2D eigenvalue weighted by atomic mass is 16.5. The van der Waals surface area contributed by atoms with Gasteiger partial charge in [-0.1, -0.05) is 13.8 Å². The van der Waals surface area contributed by atoms with Crippen molar-refractivity contribution < 1.29 is 14.6 Å². The first-order valence-electron chi connectivity index (χ1n) is 6.09. The van der Waals surface area contributed by atoms with Crippen molar-refractivity contribution in [3.8, 4) is 5.75 Å². The predicted molar refractivity (Wildman–Crippen MR) is 70.3 cm³/mol. The Morgan fingerprint density at radius 1 is 1.56 bits per heavy atom. The van der Waals surface area contributed by atoms with Crippen molar-refractivity contribution in [2.45, 2.75) is 20.3 Å². The first-order chi connectivity index (χ1) is 8.44. The Morgan fingerprint density at radius 3 is 2.72 bits per heavy atom. The van der Waals surface area contributed by atoms with Gasteiger partial charge in [0.05, 0.1) is 18.4 Å². The van der Waals surface area contributed by atoms with Gasteiger partial charge in [0.15, 0.2) is 0 Å². The van der Waals surface area contributed by atoms with Crippen LogP contribution in [0.5, 0.6) is 5.75 Å². The number of nitrogens with one attached hydrogen (secondary N) is 1. The summed E-state index contributed by atoms with van der Waals surface area (Å²) >= 11 is 0. The zero-order valence-electron chi connectivity index (χ0n) is 11.0. The van der Waals surface area contributed by atoms with E-state index in [9.17, 15) is 4.79 Å². The second kappa shape index (κ2) is 4.52. The molecule has 1 unspecified atom stereocenters. The zero-order valence-corrected chi connectivity index (χ0v) is 11.0. The molecular formula is C14H19NO3. The topological polar surface area (TPSA) is 58.6 Å². The maximum absolute atomic E-state index is 11.1. The van der Waals surface area contributed by atoms with Crippen molar-refractivity contribution >= 4 is 11.7 Å².